The highest BCUT2D eigenvalue weighted by Crippen LogP contribution is 2.25. The van der Waals surface area contributed by atoms with Gasteiger partial charge in [0.25, 0.3) is 0 Å². The normalized spacial score (nSPS) is 27.3. The Labute approximate surface area is 147 Å². The van der Waals surface area contributed by atoms with Crippen molar-refractivity contribution in [1.82, 2.24) is 10.2 Å². The first-order chi connectivity index (χ1) is 11.8. The van der Waals surface area contributed by atoms with Crippen LogP contribution < -0.4 is 5.32 Å². The number of carbonyl (C=O) groups excluding carboxylic acids is 3. The van der Waals surface area contributed by atoms with E-state index in [1.165, 1.54) is 6.08 Å². The average Bonchev–Trinajstić information content (AvgIpc) is 2.99. The van der Waals surface area contributed by atoms with E-state index >= 15 is 0 Å². The summed E-state index contributed by atoms with van der Waals surface area (Å²) in [5.74, 6) is -0.850. The Hall–Kier alpha value is -2.15. The van der Waals surface area contributed by atoms with E-state index in [9.17, 15) is 19.5 Å². The maximum Gasteiger partial charge on any atom is 0.410 e. The summed E-state index contributed by atoms with van der Waals surface area (Å²) in [5.41, 5.74) is 0.555. The molecule has 0 bridgehead atoms. The van der Waals surface area contributed by atoms with Crippen LogP contribution in [-0.2, 0) is 14.3 Å². The van der Waals surface area contributed by atoms with Crippen molar-refractivity contribution in [3.05, 3.63) is 24.3 Å². The Balaban J connectivity index is 1.95. The van der Waals surface area contributed by atoms with E-state index in [0.717, 1.165) is 12.8 Å². The summed E-state index contributed by atoms with van der Waals surface area (Å²) in [4.78, 5) is 37.5. The van der Waals surface area contributed by atoms with Gasteiger partial charge in [-0.05, 0) is 32.3 Å². The van der Waals surface area contributed by atoms with Gasteiger partial charge in [0.05, 0.1) is 24.1 Å². The topological polar surface area (TPSA) is 95.9 Å². The van der Waals surface area contributed by atoms with Gasteiger partial charge in [0.1, 0.15) is 6.61 Å². The van der Waals surface area contributed by atoms with Crippen LogP contribution in [-0.4, -0.2) is 59.1 Å². The van der Waals surface area contributed by atoms with Crippen LogP contribution in [0.2, 0.25) is 0 Å². The lowest BCUT2D eigenvalue weighted by Gasteiger charge is -2.38. The Morgan fingerprint density at radius 2 is 2.24 bits per heavy atom. The lowest BCUT2D eigenvalue weighted by Crippen LogP contribution is -2.62. The van der Waals surface area contributed by atoms with Crippen molar-refractivity contribution in [2.45, 2.75) is 51.3 Å². The molecule has 0 unspecified atom stereocenters. The molecule has 7 heteroatoms. The van der Waals surface area contributed by atoms with Gasteiger partial charge in [-0.2, -0.15) is 0 Å². The number of allylic oxidation sites excluding steroid dienone is 1. The molecule has 2 aliphatic heterocycles. The van der Waals surface area contributed by atoms with Gasteiger partial charge in [-0.1, -0.05) is 18.7 Å². The highest BCUT2D eigenvalue weighted by Gasteiger charge is 2.43. The van der Waals surface area contributed by atoms with Gasteiger partial charge in [-0.25, -0.2) is 4.79 Å². The minimum atomic E-state index is -0.777. The third-order valence-electron chi connectivity index (χ3n) is 4.73. The zero-order valence-corrected chi connectivity index (χ0v) is 14.7. The van der Waals surface area contributed by atoms with Crippen molar-refractivity contribution < 1.29 is 24.2 Å². The number of nitrogens with zero attached hydrogens (tertiary/aromatic N) is 1. The molecule has 7 nitrogen and oxygen atoms in total. The Morgan fingerprint density at radius 1 is 1.52 bits per heavy atom. The van der Waals surface area contributed by atoms with Crippen LogP contribution in [0.1, 0.15) is 33.1 Å². The zero-order chi connectivity index (χ0) is 18.6. The molecular formula is C18H26N2O5. The summed E-state index contributed by atoms with van der Waals surface area (Å²) in [6.45, 7) is 7.54. The summed E-state index contributed by atoms with van der Waals surface area (Å²) in [5, 5.41) is 12.3. The fraction of sp³-hybridized carbons (Fsp3) is 0.611. The van der Waals surface area contributed by atoms with Gasteiger partial charge in [-0.3, -0.25) is 9.59 Å². The van der Waals surface area contributed by atoms with Crippen molar-refractivity contribution in [1.29, 1.82) is 0 Å². The second-order valence-electron chi connectivity index (χ2n) is 6.63. The SMILES string of the molecule is C=CCOC(=O)N1CCC[C@H]1C=C(C)C(=O)C[C@H]1NC(=O)[C@@H]1[C@@H](C)O. The standard InChI is InChI=1S/C18H26N2O5/c1-4-8-25-18(24)20-7-5-6-13(20)9-11(2)15(22)10-14-16(12(3)21)17(23)19-14/h4,9,12-14,16,21H,1,5-8,10H2,2-3H3,(H,19,23)/t12-,13+,14-,16-/m1/s1. The summed E-state index contributed by atoms with van der Waals surface area (Å²) >= 11 is 0. The predicted molar refractivity (Wildman–Crippen MR) is 91.8 cm³/mol. The minimum Gasteiger partial charge on any atom is -0.445 e. The Bertz CT molecular complexity index is 584. The molecule has 25 heavy (non-hydrogen) atoms. The molecule has 0 saturated carbocycles. The van der Waals surface area contributed by atoms with Crippen LogP contribution in [0, 0.1) is 5.92 Å². The van der Waals surface area contributed by atoms with E-state index < -0.39 is 18.1 Å². The van der Waals surface area contributed by atoms with Crippen LogP contribution >= 0.6 is 0 Å². The molecular weight excluding hydrogens is 324 g/mol. The van der Waals surface area contributed by atoms with E-state index in [0.29, 0.717) is 12.1 Å². The molecule has 4 atom stereocenters. The first-order valence-electron chi connectivity index (χ1n) is 8.59. The molecule has 0 aromatic carbocycles. The van der Waals surface area contributed by atoms with Gasteiger partial charge in [0.2, 0.25) is 5.91 Å². The highest BCUT2D eigenvalue weighted by molar-refractivity contribution is 5.97. The van der Waals surface area contributed by atoms with E-state index in [1.807, 2.05) is 0 Å². The molecule has 0 aromatic rings. The van der Waals surface area contributed by atoms with E-state index in [1.54, 1.807) is 24.8 Å². The van der Waals surface area contributed by atoms with Gasteiger partial charge < -0.3 is 20.1 Å². The molecule has 2 N–H and O–H groups in total. The lowest BCUT2D eigenvalue weighted by molar-refractivity contribution is -0.141. The number of likely N-dealkylation sites (tertiary alicyclic amines) is 1. The van der Waals surface area contributed by atoms with Crippen molar-refractivity contribution in [3.63, 3.8) is 0 Å². The first-order valence-corrected chi connectivity index (χ1v) is 8.59. The largest absolute Gasteiger partial charge is 0.445 e. The first kappa shape index (κ1) is 19.2. The highest BCUT2D eigenvalue weighted by atomic mass is 16.6. The third kappa shape index (κ3) is 4.48. The van der Waals surface area contributed by atoms with Crippen molar-refractivity contribution in [3.8, 4) is 0 Å². The number of aliphatic hydroxyl groups excluding tert-OH is 1. The molecule has 0 aliphatic carbocycles. The van der Waals surface area contributed by atoms with E-state index in [2.05, 4.69) is 11.9 Å². The van der Waals surface area contributed by atoms with Gasteiger partial charge >= 0.3 is 6.09 Å². The van der Waals surface area contributed by atoms with Crippen LogP contribution in [0.4, 0.5) is 4.79 Å². The average molecular weight is 350 g/mol. The molecule has 2 fully saturated rings. The third-order valence-corrected chi connectivity index (χ3v) is 4.73. The molecule has 2 aliphatic rings. The lowest BCUT2D eigenvalue weighted by atomic mass is 9.82. The molecule has 2 saturated heterocycles. The molecule has 2 heterocycles. The number of hydrogen-bond acceptors (Lipinski definition) is 5. The van der Waals surface area contributed by atoms with Gasteiger partial charge in [-0.15, -0.1) is 0 Å². The fourth-order valence-corrected chi connectivity index (χ4v) is 3.34. The number of ketones is 1. The number of aliphatic hydroxyl groups is 1. The summed E-state index contributed by atoms with van der Waals surface area (Å²) in [6, 6.07) is -0.495. The van der Waals surface area contributed by atoms with Crippen LogP contribution in [0.25, 0.3) is 0 Å². The summed E-state index contributed by atoms with van der Waals surface area (Å²) in [7, 11) is 0. The molecule has 0 aromatic heterocycles. The van der Waals surface area contributed by atoms with Crippen LogP contribution in [0.15, 0.2) is 24.3 Å². The van der Waals surface area contributed by atoms with Crippen molar-refractivity contribution >= 4 is 17.8 Å². The summed E-state index contributed by atoms with van der Waals surface area (Å²) < 4.78 is 5.07. The maximum atomic E-state index is 12.4. The fourth-order valence-electron chi connectivity index (χ4n) is 3.34. The van der Waals surface area contributed by atoms with Crippen molar-refractivity contribution in [2.75, 3.05) is 13.2 Å². The summed E-state index contributed by atoms with van der Waals surface area (Å²) in [6.07, 6.45) is 3.91. The predicted octanol–water partition coefficient (Wildman–Crippen LogP) is 1.17. The molecule has 0 radical (unpaired) electrons. The minimum absolute atomic E-state index is 0.0954. The van der Waals surface area contributed by atoms with Gasteiger partial charge in [0.15, 0.2) is 5.78 Å². The Morgan fingerprint density at radius 3 is 2.84 bits per heavy atom. The zero-order valence-electron chi connectivity index (χ0n) is 14.7. The number of β-lactam (4-membered cyclic amide) rings is 1. The number of amides is 2. The van der Waals surface area contributed by atoms with Gasteiger partial charge in [0, 0.05) is 13.0 Å². The number of carbonyl (C=O) groups is 3. The molecule has 0 spiro atoms. The van der Waals surface area contributed by atoms with Crippen molar-refractivity contribution in [2.24, 2.45) is 5.92 Å². The van der Waals surface area contributed by atoms with E-state index in [4.69, 9.17) is 4.74 Å². The smallest absolute Gasteiger partial charge is 0.410 e. The number of nitrogens with one attached hydrogen (secondary N) is 1. The number of rotatable bonds is 7. The second-order valence-corrected chi connectivity index (χ2v) is 6.63. The number of ether oxygens (including phenoxy) is 1. The number of hydrogen-bond donors (Lipinski definition) is 2. The molecule has 2 amide bonds. The Kier molecular flexibility index (Phi) is 6.36. The molecule has 138 valence electrons. The quantitative estimate of drug-likeness (QED) is 0.408. The van der Waals surface area contributed by atoms with E-state index in [-0.39, 0.29) is 36.8 Å². The maximum absolute atomic E-state index is 12.4. The molecule has 2 rings (SSSR count). The monoisotopic (exact) mass is 350 g/mol. The van der Waals surface area contributed by atoms with Crippen LogP contribution in [0.5, 0.6) is 0 Å². The van der Waals surface area contributed by atoms with Crippen LogP contribution in [0.3, 0.4) is 0 Å². The number of Topliss-reactive ketones (excluding diaryl/α,β-unsaturated/α-hetero) is 1. The second kappa shape index (κ2) is 8.29.